The number of benzene rings is 3. The van der Waals surface area contributed by atoms with Crippen LogP contribution in [0.15, 0.2) is 66.7 Å². The molecule has 3 rings (SSSR count). The van der Waals surface area contributed by atoms with Gasteiger partial charge < -0.3 is 5.32 Å². The summed E-state index contributed by atoms with van der Waals surface area (Å²) in [5, 5.41) is 5.28. The van der Waals surface area contributed by atoms with E-state index in [1.54, 1.807) is 12.1 Å². The Kier molecular flexibility index (Phi) is 5.41. The zero-order valence-corrected chi connectivity index (χ0v) is 14.2. The Balaban J connectivity index is 1.51. The lowest BCUT2D eigenvalue weighted by Gasteiger charge is -2.17. The molecule has 0 bridgehead atoms. The van der Waals surface area contributed by atoms with Crippen LogP contribution in [0.2, 0.25) is 0 Å². The third-order valence-corrected chi connectivity index (χ3v) is 4.08. The van der Waals surface area contributed by atoms with E-state index in [0.29, 0.717) is 19.6 Å². The lowest BCUT2D eigenvalue weighted by atomic mass is 10.1. The molecule has 128 valence electrons. The van der Waals surface area contributed by atoms with Crippen molar-refractivity contribution in [1.82, 2.24) is 10.2 Å². The van der Waals surface area contributed by atoms with Crippen molar-refractivity contribution in [2.24, 2.45) is 0 Å². The quantitative estimate of drug-likeness (QED) is 0.744. The Bertz CT molecular complexity index is 861. The highest BCUT2D eigenvalue weighted by Gasteiger charge is 2.07. The molecule has 3 aromatic rings. The second-order valence-corrected chi connectivity index (χ2v) is 6.26. The van der Waals surface area contributed by atoms with E-state index in [9.17, 15) is 9.18 Å². The molecule has 0 saturated carbocycles. The molecule has 0 aliphatic carbocycles. The van der Waals surface area contributed by atoms with Gasteiger partial charge in [-0.05, 0) is 47.1 Å². The number of amides is 1. The van der Waals surface area contributed by atoms with Crippen molar-refractivity contribution in [1.29, 1.82) is 0 Å². The number of fused-ring (bicyclic) bond motifs is 1. The molecular weight excluding hydrogens is 315 g/mol. The van der Waals surface area contributed by atoms with Crippen molar-refractivity contribution in [3.8, 4) is 0 Å². The summed E-state index contributed by atoms with van der Waals surface area (Å²) < 4.78 is 12.9. The first-order chi connectivity index (χ1) is 12.1. The smallest absolute Gasteiger partial charge is 0.234 e. The normalized spacial score (nSPS) is 11.0. The first kappa shape index (κ1) is 17.1. The number of carbonyl (C=O) groups is 1. The van der Waals surface area contributed by atoms with Crippen molar-refractivity contribution in [3.05, 3.63) is 83.7 Å². The van der Waals surface area contributed by atoms with E-state index in [2.05, 4.69) is 35.6 Å². The van der Waals surface area contributed by atoms with Gasteiger partial charge in [0, 0.05) is 13.1 Å². The van der Waals surface area contributed by atoms with Gasteiger partial charge in [0.15, 0.2) is 0 Å². The van der Waals surface area contributed by atoms with Crippen LogP contribution >= 0.6 is 0 Å². The van der Waals surface area contributed by atoms with E-state index in [-0.39, 0.29) is 11.7 Å². The number of halogens is 1. The van der Waals surface area contributed by atoms with Gasteiger partial charge in [-0.3, -0.25) is 9.69 Å². The van der Waals surface area contributed by atoms with E-state index < -0.39 is 0 Å². The third kappa shape index (κ3) is 4.88. The van der Waals surface area contributed by atoms with Crippen molar-refractivity contribution in [2.45, 2.75) is 13.1 Å². The molecule has 0 spiro atoms. The predicted molar refractivity (Wildman–Crippen MR) is 98.5 cm³/mol. The monoisotopic (exact) mass is 336 g/mol. The average molecular weight is 336 g/mol. The molecule has 0 aliphatic heterocycles. The molecule has 3 aromatic carbocycles. The molecule has 4 heteroatoms. The van der Waals surface area contributed by atoms with Crippen LogP contribution in [0.4, 0.5) is 4.39 Å². The summed E-state index contributed by atoms with van der Waals surface area (Å²) in [5.41, 5.74) is 2.06. The molecule has 0 unspecified atom stereocenters. The average Bonchev–Trinajstić information content (AvgIpc) is 2.61. The molecule has 0 fully saturated rings. The summed E-state index contributed by atoms with van der Waals surface area (Å²) in [7, 11) is 1.92. The summed E-state index contributed by atoms with van der Waals surface area (Å²) in [6.07, 6.45) is 0. The van der Waals surface area contributed by atoms with Crippen LogP contribution in [0.25, 0.3) is 10.8 Å². The van der Waals surface area contributed by atoms with E-state index in [1.165, 1.54) is 28.5 Å². The van der Waals surface area contributed by atoms with Crippen molar-refractivity contribution in [2.75, 3.05) is 13.6 Å². The zero-order chi connectivity index (χ0) is 17.6. The van der Waals surface area contributed by atoms with Gasteiger partial charge in [0.05, 0.1) is 6.54 Å². The van der Waals surface area contributed by atoms with Crippen LogP contribution in [0.1, 0.15) is 11.1 Å². The molecule has 1 amide bonds. The molecule has 0 saturated heterocycles. The van der Waals surface area contributed by atoms with Crippen LogP contribution in [0.3, 0.4) is 0 Å². The number of nitrogens with zero attached hydrogens (tertiary/aromatic N) is 1. The van der Waals surface area contributed by atoms with E-state index in [0.717, 1.165) is 5.56 Å². The maximum atomic E-state index is 12.9. The number of carbonyl (C=O) groups excluding carboxylic acids is 1. The van der Waals surface area contributed by atoms with Crippen LogP contribution in [-0.4, -0.2) is 24.4 Å². The van der Waals surface area contributed by atoms with Crippen LogP contribution < -0.4 is 5.32 Å². The maximum absolute atomic E-state index is 12.9. The molecule has 0 atom stereocenters. The minimum absolute atomic E-state index is 0.0485. The Morgan fingerprint density at radius 1 is 0.960 bits per heavy atom. The summed E-state index contributed by atoms with van der Waals surface area (Å²) in [6, 6.07) is 20.7. The Morgan fingerprint density at radius 2 is 1.64 bits per heavy atom. The topological polar surface area (TPSA) is 32.3 Å². The molecule has 3 nitrogen and oxygen atoms in total. The van der Waals surface area contributed by atoms with Gasteiger partial charge in [-0.15, -0.1) is 0 Å². The molecule has 0 heterocycles. The lowest BCUT2D eigenvalue weighted by molar-refractivity contribution is -0.122. The number of nitrogens with one attached hydrogen (secondary N) is 1. The SMILES string of the molecule is CN(CC(=O)NCc1ccc(F)cc1)Cc1ccc2ccccc2c1. The van der Waals surface area contributed by atoms with Crippen LogP contribution in [0.5, 0.6) is 0 Å². The lowest BCUT2D eigenvalue weighted by Crippen LogP contribution is -2.34. The number of likely N-dealkylation sites (N-methyl/N-ethyl adjacent to an activating group) is 1. The fraction of sp³-hybridized carbons (Fsp3) is 0.190. The molecule has 0 aliphatic rings. The number of hydrogen-bond donors (Lipinski definition) is 1. The molecule has 0 aromatic heterocycles. The zero-order valence-electron chi connectivity index (χ0n) is 14.2. The number of rotatable bonds is 6. The highest BCUT2D eigenvalue weighted by atomic mass is 19.1. The summed E-state index contributed by atoms with van der Waals surface area (Å²) in [5.74, 6) is -0.321. The summed E-state index contributed by atoms with van der Waals surface area (Å²) >= 11 is 0. The van der Waals surface area contributed by atoms with Gasteiger partial charge >= 0.3 is 0 Å². The van der Waals surface area contributed by atoms with Crippen molar-refractivity contribution in [3.63, 3.8) is 0 Å². The summed E-state index contributed by atoms with van der Waals surface area (Å²) in [6.45, 7) is 1.42. The van der Waals surface area contributed by atoms with Gasteiger partial charge in [0.2, 0.25) is 5.91 Å². The standard InChI is InChI=1S/C21H21FN2O/c1-24(14-17-6-9-18-4-2-3-5-19(18)12-17)15-21(25)23-13-16-7-10-20(22)11-8-16/h2-12H,13-15H2,1H3,(H,23,25). The number of hydrogen-bond acceptors (Lipinski definition) is 2. The highest BCUT2D eigenvalue weighted by molar-refractivity contribution is 5.83. The Morgan fingerprint density at radius 3 is 2.40 bits per heavy atom. The van der Waals surface area contributed by atoms with Crippen LogP contribution in [-0.2, 0) is 17.9 Å². The van der Waals surface area contributed by atoms with Crippen molar-refractivity contribution < 1.29 is 9.18 Å². The first-order valence-corrected chi connectivity index (χ1v) is 8.27. The van der Waals surface area contributed by atoms with E-state index in [1.807, 2.05) is 24.1 Å². The van der Waals surface area contributed by atoms with Gasteiger partial charge in [-0.2, -0.15) is 0 Å². The van der Waals surface area contributed by atoms with Crippen molar-refractivity contribution >= 4 is 16.7 Å². The van der Waals surface area contributed by atoms with E-state index in [4.69, 9.17) is 0 Å². The van der Waals surface area contributed by atoms with Crippen LogP contribution in [0, 0.1) is 5.82 Å². The fourth-order valence-electron chi connectivity index (χ4n) is 2.81. The van der Waals surface area contributed by atoms with E-state index >= 15 is 0 Å². The third-order valence-electron chi connectivity index (χ3n) is 4.08. The highest BCUT2D eigenvalue weighted by Crippen LogP contribution is 2.16. The second-order valence-electron chi connectivity index (χ2n) is 6.26. The van der Waals surface area contributed by atoms with Gasteiger partial charge in [0.25, 0.3) is 0 Å². The minimum atomic E-state index is -0.273. The van der Waals surface area contributed by atoms with Gasteiger partial charge in [0.1, 0.15) is 5.82 Å². The Hall–Kier alpha value is -2.72. The molecular formula is C21H21FN2O. The maximum Gasteiger partial charge on any atom is 0.234 e. The Labute approximate surface area is 147 Å². The van der Waals surface area contributed by atoms with Gasteiger partial charge in [-0.1, -0.05) is 48.5 Å². The molecule has 0 radical (unpaired) electrons. The predicted octanol–water partition coefficient (Wildman–Crippen LogP) is 3.73. The second kappa shape index (κ2) is 7.90. The largest absolute Gasteiger partial charge is 0.351 e. The molecule has 25 heavy (non-hydrogen) atoms. The minimum Gasteiger partial charge on any atom is -0.351 e. The molecule has 1 N–H and O–H groups in total. The van der Waals surface area contributed by atoms with Gasteiger partial charge in [-0.25, -0.2) is 4.39 Å². The summed E-state index contributed by atoms with van der Waals surface area (Å²) in [4.78, 5) is 14.0. The first-order valence-electron chi connectivity index (χ1n) is 8.27. The fourth-order valence-corrected chi connectivity index (χ4v) is 2.81.